The van der Waals surface area contributed by atoms with Crippen LogP contribution in [0.5, 0.6) is 0 Å². The average molecular weight is 598 g/mol. The highest BCUT2D eigenvalue weighted by atomic mass is 31.1. The maximum atomic E-state index is 13.6. The molecule has 0 aliphatic carbocycles. The summed E-state index contributed by atoms with van der Waals surface area (Å²) in [5, 5.41) is 10.5. The van der Waals surface area contributed by atoms with E-state index in [1.54, 1.807) is 0 Å². The van der Waals surface area contributed by atoms with Crippen LogP contribution in [0.1, 0.15) is 156 Å². The third kappa shape index (κ3) is 24.4. The second kappa shape index (κ2) is 29.3. The monoisotopic (exact) mass is 598 g/mol. The van der Waals surface area contributed by atoms with Gasteiger partial charge in [0.15, 0.2) is 6.16 Å². The normalized spacial score (nSPS) is 13.7. The van der Waals surface area contributed by atoms with Gasteiger partial charge in [-0.15, -0.1) is 0 Å². The molecule has 0 saturated carbocycles. The van der Waals surface area contributed by atoms with Gasteiger partial charge in [-0.1, -0.05) is 140 Å². The summed E-state index contributed by atoms with van der Waals surface area (Å²) in [7, 11) is 2.22. The van der Waals surface area contributed by atoms with Crippen molar-refractivity contribution in [3.8, 4) is 0 Å². The summed E-state index contributed by atoms with van der Waals surface area (Å²) in [6.45, 7) is 8.41. The lowest BCUT2D eigenvalue weighted by molar-refractivity contribution is -0.135. The molecule has 3 atom stereocenters. The first-order chi connectivity index (χ1) is 19.9. The molecule has 0 aromatic rings. The molecule has 3 unspecified atom stereocenters. The predicted molar refractivity (Wildman–Crippen MR) is 180 cm³/mol. The van der Waals surface area contributed by atoms with Gasteiger partial charge in [0.05, 0.1) is 0 Å². The van der Waals surface area contributed by atoms with Crippen molar-refractivity contribution in [1.29, 1.82) is 0 Å². The Hall–Kier alpha value is -0.770. The van der Waals surface area contributed by atoms with Crippen molar-refractivity contribution in [3.63, 3.8) is 0 Å². The smallest absolute Gasteiger partial charge is 0.351 e. The van der Waals surface area contributed by atoms with Crippen LogP contribution in [0.2, 0.25) is 0 Å². The summed E-state index contributed by atoms with van der Waals surface area (Å²) < 4.78 is 12.5. The highest BCUT2D eigenvalue weighted by Gasteiger charge is 2.29. The van der Waals surface area contributed by atoms with Gasteiger partial charge >= 0.3 is 7.80 Å². The summed E-state index contributed by atoms with van der Waals surface area (Å²) in [5.41, 5.74) is 0. The Labute approximate surface area is 257 Å². The Bertz CT molecular complexity index is 641. The van der Waals surface area contributed by atoms with Gasteiger partial charge in [0.1, 0.15) is 0 Å². The predicted octanol–water partition coefficient (Wildman–Crippen LogP) is 9.95. The number of nitrogens with zero attached hydrogens (tertiary/aromatic N) is 2. The summed E-state index contributed by atoms with van der Waals surface area (Å²) in [6, 6.07) is 0. The van der Waals surface area contributed by atoms with Gasteiger partial charge in [-0.3, -0.25) is 4.79 Å². The largest absolute Gasteiger partial charge is 0.371 e. The number of carbonyl (C=O) groups excluding carboxylic acids is 1. The number of carbonyl (C=O) groups is 1. The molecule has 5 nitrogen and oxygen atoms in total. The van der Waals surface area contributed by atoms with Crippen molar-refractivity contribution in [2.24, 2.45) is 5.92 Å². The minimum Gasteiger partial charge on any atom is -0.351 e. The molecule has 0 aromatic carbocycles. The molecule has 0 aliphatic rings. The van der Waals surface area contributed by atoms with Gasteiger partial charge in [0.2, 0.25) is 5.91 Å². The van der Waals surface area contributed by atoms with E-state index in [-0.39, 0.29) is 11.8 Å². The topological polar surface area (TPSA) is 60.9 Å². The standard InChI is InChI=1S/C35H70N2O3P/c1-6-9-11-13-15-17-18-19-20-22-24-26-29-37(30-28-34(38)41(40)32-31-36(4)5)35(39)33(8-3)27-25-23-21-16-14-12-10-7-2/h24,26,33-34,38H,6-23,25,27-32H2,1-5H3/q+1. The second-order valence-corrected chi connectivity index (χ2v) is 14.3. The molecule has 6 heteroatoms. The molecule has 41 heavy (non-hydrogen) atoms. The quantitative estimate of drug-likeness (QED) is 0.0508. The van der Waals surface area contributed by atoms with Crippen LogP contribution in [-0.2, 0) is 9.36 Å². The zero-order chi connectivity index (χ0) is 30.6. The molecule has 0 bridgehead atoms. The summed E-state index contributed by atoms with van der Waals surface area (Å²) in [5.74, 6) is -0.599. The van der Waals surface area contributed by atoms with Crippen LogP contribution in [0.15, 0.2) is 12.2 Å². The third-order valence-corrected chi connectivity index (χ3v) is 9.85. The van der Waals surface area contributed by atoms with E-state index >= 15 is 0 Å². The number of hydrogen-bond acceptors (Lipinski definition) is 4. The number of hydrogen-bond donors (Lipinski definition) is 1. The zero-order valence-electron chi connectivity index (χ0n) is 28.1. The van der Waals surface area contributed by atoms with E-state index < -0.39 is 13.6 Å². The molecule has 0 saturated heterocycles. The molecule has 0 aliphatic heterocycles. The number of amides is 1. The van der Waals surface area contributed by atoms with E-state index in [4.69, 9.17) is 0 Å². The van der Waals surface area contributed by atoms with Gasteiger partial charge in [0.25, 0.3) is 5.85 Å². The van der Waals surface area contributed by atoms with Gasteiger partial charge in [-0.25, -0.2) is 0 Å². The van der Waals surface area contributed by atoms with E-state index in [1.165, 1.54) is 103 Å². The fourth-order valence-electron chi connectivity index (χ4n) is 5.33. The third-order valence-electron chi connectivity index (χ3n) is 8.28. The van der Waals surface area contributed by atoms with Crippen molar-refractivity contribution >= 4 is 13.7 Å². The first kappa shape index (κ1) is 40.2. The highest BCUT2D eigenvalue weighted by molar-refractivity contribution is 7.45. The Morgan fingerprint density at radius 1 is 0.707 bits per heavy atom. The molecule has 0 rings (SSSR count). The van der Waals surface area contributed by atoms with Crippen molar-refractivity contribution < 1.29 is 14.5 Å². The van der Waals surface area contributed by atoms with Crippen LogP contribution >= 0.6 is 7.80 Å². The van der Waals surface area contributed by atoms with E-state index in [1.807, 2.05) is 23.9 Å². The fourth-order valence-corrected chi connectivity index (χ4v) is 6.63. The van der Waals surface area contributed by atoms with Gasteiger partial charge in [0, 0.05) is 32.0 Å². The molecule has 0 aromatic heterocycles. The molecule has 0 fully saturated rings. The van der Waals surface area contributed by atoms with Crippen LogP contribution < -0.4 is 0 Å². The number of aliphatic hydroxyl groups is 1. The van der Waals surface area contributed by atoms with Crippen molar-refractivity contribution in [3.05, 3.63) is 12.2 Å². The Morgan fingerprint density at radius 3 is 1.73 bits per heavy atom. The summed E-state index contributed by atoms with van der Waals surface area (Å²) in [6.07, 6.45) is 30.3. The molecular formula is C35H70N2O3P+. The zero-order valence-corrected chi connectivity index (χ0v) is 29.0. The maximum absolute atomic E-state index is 13.6. The molecule has 0 radical (unpaired) electrons. The minimum absolute atomic E-state index is 0.0421. The first-order valence-electron chi connectivity index (χ1n) is 17.6. The maximum Gasteiger partial charge on any atom is 0.371 e. The lowest BCUT2D eigenvalue weighted by atomic mass is 9.96. The second-order valence-electron chi connectivity index (χ2n) is 12.5. The van der Waals surface area contributed by atoms with Crippen LogP contribution in [0, 0.1) is 5.92 Å². The molecule has 242 valence electrons. The van der Waals surface area contributed by atoms with Gasteiger partial charge in [-0.05, 0) is 39.8 Å². The number of allylic oxidation sites excluding steroid dienone is 1. The Kier molecular flexibility index (Phi) is 28.8. The molecule has 1 N–H and O–H groups in total. The van der Waals surface area contributed by atoms with Crippen molar-refractivity contribution in [1.82, 2.24) is 9.80 Å². The highest BCUT2D eigenvalue weighted by Crippen LogP contribution is 2.28. The number of aliphatic hydroxyl groups excluding tert-OH is 1. The van der Waals surface area contributed by atoms with Crippen LogP contribution in [0.4, 0.5) is 0 Å². The molecule has 0 heterocycles. The van der Waals surface area contributed by atoms with E-state index in [0.717, 1.165) is 25.7 Å². The fraction of sp³-hybridized carbons (Fsp3) is 0.914. The Morgan fingerprint density at radius 2 is 1.22 bits per heavy atom. The van der Waals surface area contributed by atoms with Crippen LogP contribution in [-0.4, -0.2) is 66.6 Å². The first-order valence-corrected chi connectivity index (χ1v) is 19.1. The summed E-state index contributed by atoms with van der Waals surface area (Å²) >= 11 is 0. The van der Waals surface area contributed by atoms with Gasteiger partial charge < -0.3 is 14.9 Å². The van der Waals surface area contributed by atoms with Crippen molar-refractivity contribution in [2.45, 2.75) is 161 Å². The molecule has 1 amide bonds. The number of rotatable bonds is 30. The van der Waals surface area contributed by atoms with Crippen LogP contribution in [0.25, 0.3) is 0 Å². The van der Waals surface area contributed by atoms with E-state index in [0.29, 0.717) is 32.2 Å². The molecule has 0 spiro atoms. The van der Waals surface area contributed by atoms with E-state index in [9.17, 15) is 14.5 Å². The lowest BCUT2D eigenvalue weighted by Gasteiger charge is -2.26. The SMILES string of the molecule is CCCCCCCCCCCC=CCN(CCC(O)[P+](=O)CCN(C)C)C(=O)C(CC)CCCCCCCCCC. The van der Waals surface area contributed by atoms with Crippen LogP contribution in [0.3, 0.4) is 0 Å². The summed E-state index contributed by atoms with van der Waals surface area (Å²) in [4.78, 5) is 17.5. The molecular weight excluding hydrogens is 527 g/mol. The van der Waals surface area contributed by atoms with Gasteiger partial charge in [-0.2, -0.15) is 0 Å². The lowest BCUT2D eigenvalue weighted by Crippen LogP contribution is -2.38. The average Bonchev–Trinajstić information content (AvgIpc) is 2.96. The number of unbranched alkanes of at least 4 members (excludes halogenated alkanes) is 16. The van der Waals surface area contributed by atoms with Crippen molar-refractivity contribution in [2.75, 3.05) is 39.9 Å². The Balaban J connectivity index is 4.70. The minimum atomic E-state index is -1.69. The van der Waals surface area contributed by atoms with E-state index in [2.05, 4.69) is 32.9 Å².